The third-order valence-electron chi connectivity index (χ3n) is 5.10. The van der Waals surface area contributed by atoms with Crippen molar-refractivity contribution in [3.63, 3.8) is 0 Å². The molecule has 0 atom stereocenters. The summed E-state index contributed by atoms with van der Waals surface area (Å²) in [5.41, 5.74) is 12.7. The third-order valence-corrected chi connectivity index (χ3v) is 5.10. The Labute approximate surface area is 163 Å². The number of anilines is 2. The molecule has 3 N–H and O–H groups in total. The van der Waals surface area contributed by atoms with Crippen molar-refractivity contribution in [2.45, 2.75) is 13.8 Å². The van der Waals surface area contributed by atoms with Crippen LogP contribution in [0.15, 0.2) is 30.3 Å². The first-order valence-corrected chi connectivity index (χ1v) is 9.24. The molecule has 7 nitrogen and oxygen atoms in total. The van der Waals surface area contributed by atoms with Gasteiger partial charge in [0.1, 0.15) is 17.5 Å². The molecule has 1 aromatic carbocycles. The van der Waals surface area contributed by atoms with E-state index in [2.05, 4.69) is 38.3 Å². The molecule has 0 radical (unpaired) electrons. The van der Waals surface area contributed by atoms with Crippen LogP contribution in [0.4, 0.5) is 11.5 Å². The van der Waals surface area contributed by atoms with Crippen LogP contribution in [0.25, 0.3) is 22.4 Å². The molecule has 7 heteroatoms. The molecule has 0 saturated carbocycles. The summed E-state index contributed by atoms with van der Waals surface area (Å²) in [6.45, 7) is 7.14. The van der Waals surface area contributed by atoms with Crippen LogP contribution < -0.4 is 10.6 Å². The van der Waals surface area contributed by atoms with Gasteiger partial charge >= 0.3 is 0 Å². The number of hydrogen-bond acceptors (Lipinski definition) is 6. The molecule has 28 heavy (non-hydrogen) atoms. The number of aromatic amines is 1. The number of nitrogens with zero attached hydrogens (tertiary/aromatic N) is 4. The Morgan fingerprint density at radius 3 is 2.50 bits per heavy atom. The van der Waals surface area contributed by atoms with Crippen molar-refractivity contribution >= 4 is 11.5 Å². The maximum absolute atomic E-state index is 9.61. The van der Waals surface area contributed by atoms with E-state index >= 15 is 0 Å². The lowest BCUT2D eigenvalue weighted by Crippen LogP contribution is -2.36. The summed E-state index contributed by atoms with van der Waals surface area (Å²) in [6, 6.07) is 12.4. The second-order valence-electron chi connectivity index (χ2n) is 6.88. The summed E-state index contributed by atoms with van der Waals surface area (Å²) >= 11 is 0. The van der Waals surface area contributed by atoms with Gasteiger partial charge in [-0.2, -0.15) is 10.4 Å². The second kappa shape index (κ2) is 7.33. The molecular formula is C21H22N6O. The summed E-state index contributed by atoms with van der Waals surface area (Å²) < 4.78 is 5.42. The highest BCUT2D eigenvalue weighted by atomic mass is 16.5. The number of nitrogens with one attached hydrogen (secondary N) is 1. The molecule has 2 aromatic heterocycles. The average molecular weight is 374 g/mol. The quantitative estimate of drug-likeness (QED) is 0.730. The number of hydrogen-bond donors (Lipinski definition) is 2. The summed E-state index contributed by atoms with van der Waals surface area (Å²) in [7, 11) is 0. The monoisotopic (exact) mass is 374 g/mol. The molecule has 1 saturated heterocycles. The van der Waals surface area contributed by atoms with Crippen molar-refractivity contribution in [2.75, 3.05) is 36.9 Å². The standard InChI is InChI=1S/C21H22N6O/c1-13-20(14(2)26-25-13)17-11-19(24-21(23)18(17)12-22)15-3-5-16(6-4-15)27-7-9-28-10-8-27/h3-6,11H,7-10H2,1-2H3,(H2,23,24)(H,25,26). The number of rotatable bonds is 3. The zero-order chi connectivity index (χ0) is 19.7. The van der Waals surface area contributed by atoms with E-state index in [-0.39, 0.29) is 5.82 Å². The Hall–Kier alpha value is -3.37. The van der Waals surface area contributed by atoms with Crippen LogP contribution in [-0.2, 0) is 4.74 Å². The van der Waals surface area contributed by atoms with Crippen molar-refractivity contribution in [1.82, 2.24) is 15.2 Å². The smallest absolute Gasteiger partial charge is 0.142 e. The van der Waals surface area contributed by atoms with Crippen LogP contribution >= 0.6 is 0 Å². The molecule has 0 aliphatic carbocycles. The van der Waals surface area contributed by atoms with E-state index in [0.717, 1.165) is 65.8 Å². The maximum atomic E-state index is 9.61. The fourth-order valence-corrected chi connectivity index (χ4v) is 3.64. The molecule has 0 bridgehead atoms. The van der Waals surface area contributed by atoms with E-state index in [1.165, 1.54) is 0 Å². The van der Waals surface area contributed by atoms with Gasteiger partial charge in [0, 0.05) is 41.2 Å². The lowest BCUT2D eigenvalue weighted by molar-refractivity contribution is 0.122. The Bertz CT molecular complexity index is 1020. The van der Waals surface area contributed by atoms with Gasteiger partial charge in [-0.25, -0.2) is 4.98 Å². The number of nitrogens with two attached hydrogens (primary N) is 1. The van der Waals surface area contributed by atoms with Gasteiger partial charge in [-0.15, -0.1) is 0 Å². The van der Waals surface area contributed by atoms with Gasteiger partial charge in [0.2, 0.25) is 0 Å². The second-order valence-corrected chi connectivity index (χ2v) is 6.88. The van der Waals surface area contributed by atoms with Crippen LogP contribution in [-0.4, -0.2) is 41.5 Å². The van der Waals surface area contributed by atoms with Crippen LogP contribution in [0, 0.1) is 25.2 Å². The molecule has 0 amide bonds. The lowest BCUT2D eigenvalue weighted by atomic mass is 9.97. The molecule has 1 aliphatic heterocycles. The highest BCUT2D eigenvalue weighted by Gasteiger charge is 2.18. The normalized spacial score (nSPS) is 14.1. The fraction of sp³-hybridized carbons (Fsp3) is 0.286. The first-order chi connectivity index (χ1) is 13.6. The average Bonchev–Trinajstić information content (AvgIpc) is 3.06. The Kier molecular flexibility index (Phi) is 4.72. The van der Waals surface area contributed by atoms with Gasteiger partial charge in [0.05, 0.1) is 24.6 Å². The molecule has 4 rings (SSSR count). The number of pyridine rings is 1. The van der Waals surface area contributed by atoms with Crippen LogP contribution in [0.5, 0.6) is 0 Å². The summed E-state index contributed by atoms with van der Waals surface area (Å²) in [5.74, 6) is 0.229. The predicted molar refractivity (Wildman–Crippen MR) is 109 cm³/mol. The number of benzene rings is 1. The van der Waals surface area contributed by atoms with E-state index in [9.17, 15) is 5.26 Å². The number of morpholine rings is 1. The van der Waals surface area contributed by atoms with Gasteiger partial charge in [0.25, 0.3) is 0 Å². The van der Waals surface area contributed by atoms with Gasteiger partial charge in [0.15, 0.2) is 0 Å². The van der Waals surface area contributed by atoms with E-state index < -0.39 is 0 Å². The largest absolute Gasteiger partial charge is 0.383 e. The first kappa shape index (κ1) is 18.0. The Morgan fingerprint density at radius 1 is 1.18 bits per heavy atom. The minimum Gasteiger partial charge on any atom is -0.383 e. The maximum Gasteiger partial charge on any atom is 0.142 e. The number of aromatic nitrogens is 3. The topological polar surface area (TPSA) is 104 Å². The van der Waals surface area contributed by atoms with E-state index in [1.54, 1.807) is 0 Å². The zero-order valence-electron chi connectivity index (χ0n) is 16.0. The van der Waals surface area contributed by atoms with Crippen molar-refractivity contribution < 1.29 is 4.74 Å². The van der Waals surface area contributed by atoms with Gasteiger partial charge in [-0.1, -0.05) is 12.1 Å². The molecule has 0 unspecified atom stereocenters. The van der Waals surface area contributed by atoms with E-state index in [1.807, 2.05) is 32.0 Å². The number of nitriles is 1. The minimum atomic E-state index is 0.229. The van der Waals surface area contributed by atoms with Crippen molar-refractivity contribution in [3.05, 3.63) is 47.3 Å². The van der Waals surface area contributed by atoms with Gasteiger partial charge in [-0.05, 0) is 32.0 Å². The third kappa shape index (κ3) is 3.19. The SMILES string of the molecule is Cc1n[nH]c(C)c1-c1cc(-c2ccc(N3CCOCC3)cc2)nc(N)c1C#N. The highest BCUT2D eigenvalue weighted by molar-refractivity contribution is 5.82. The van der Waals surface area contributed by atoms with Gasteiger partial charge < -0.3 is 15.4 Å². The van der Waals surface area contributed by atoms with E-state index in [4.69, 9.17) is 10.5 Å². The predicted octanol–water partition coefficient (Wildman–Crippen LogP) is 3.05. The molecule has 3 heterocycles. The summed E-state index contributed by atoms with van der Waals surface area (Å²) in [5, 5.41) is 16.8. The first-order valence-electron chi connectivity index (χ1n) is 9.24. The Balaban J connectivity index is 1.75. The van der Waals surface area contributed by atoms with E-state index in [0.29, 0.717) is 5.56 Å². The fourth-order valence-electron chi connectivity index (χ4n) is 3.64. The summed E-state index contributed by atoms with van der Waals surface area (Å²) in [6.07, 6.45) is 0. The summed E-state index contributed by atoms with van der Waals surface area (Å²) in [4.78, 5) is 6.78. The number of H-pyrrole nitrogens is 1. The molecule has 1 aliphatic rings. The molecule has 1 fully saturated rings. The lowest BCUT2D eigenvalue weighted by Gasteiger charge is -2.28. The van der Waals surface area contributed by atoms with Crippen molar-refractivity contribution in [3.8, 4) is 28.5 Å². The minimum absolute atomic E-state index is 0.229. The molecule has 142 valence electrons. The van der Waals surface area contributed by atoms with Gasteiger partial charge in [-0.3, -0.25) is 5.10 Å². The van der Waals surface area contributed by atoms with Crippen molar-refractivity contribution in [1.29, 1.82) is 5.26 Å². The molecule has 0 spiro atoms. The number of nitrogen functional groups attached to an aromatic ring is 1. The van der Waals surface area contributed by atoms with Crippen LogP contribution in [0.1, 0.15) is 17.0 Å². The number of aryl methyl sites for hydroxylation is 2. The van der Waals surface area contributed by atoms with Crippen LogP contribution in [0.2, 0.25) is 0 Å². The molecule has 3 aromatic rings. The Morgan fingerprint density at radius 2 is 1.89 bits per heavy atom. The number of ether oxygens (including phenoxy) is 1. The highest BCUT2D eigenvalue weighted by Crippen LogP contribution is 2.34. The van der Waals surface area contributed by atoms with Crippen molar-refractivity contribution in [2.24, 2.45) is 0 Å². The van der Waals surface area contributed by atoms with Crippen LogP contribution in [0.3, 0.4) is 0 Å². The molecular weight excluding hydrogens is 352 g/mol. The zero-order valence-corrected chi connectivity index (χ0v) is 16.0.